The summed E-state index contributed by atoms with van der Waals surface area (Å²) in [4.78, 5) is 13.7. The van der Waals surface area contributed by atoms with Gasteiger partial charge in [-0.05, 0) is 44.4 Å². The molecule has 2 atom stereocenters. The van der Waals surface area contributed by atoms with Gasteiger partial charge in [-0.1, -0.05) is 6.07 Å². The quantitative estimate of drug-likeness (QED) is 0.929. The van der Waals surface area contributed by atoms with Crippen molar-refractivity contribution in [2.45, 2.75) is 45.4 Å². The normalized spacial score (nSPS) is 25.1. The number of nitrogens with one attached hydrogen (secondary N) is 1. The molecule has 1 aliphatic heterocycles. The first-order valence-electron chi connectivity index (χ1n) is 7.99. The molecule has 5 heteroatoms. The maximum absolute atomic E-state index is 14.4. The van der Waals surface area contributed by atoms with Gasteiger partial charge in [0.25, 0.3) is 0 Å². The van der Waals surface area contributed by atoms with Crippen LogP contribution in [0, 0.1) is 11.7 Å². The SMILES string of the molecule is C[C@H]1CN(c2ccc(CNC(=O)C3CC3)cc2F)C[C@H](C)O1. The second-order valence-electron chi connectivity index (χ2n) is 6.44. The zero-order valence-electron chi connectivity index (χ0n) is 13.1. The summed E-state index contributed by atoms with van der Waals surface area (Å²) in [6.07, 6.45) is 2.15. The van der Waals surface area contributed by atoms with Gasteiger partial charge in [-0.15, -0.1) is 0 Å². The predicted molar refractivity (Wildman–Crippen MR) is 83.2 cm³/mol. The van der Waals surface area contributed by atoms with Gasteiger partial charge in [0.05, 0.1) is 17.9 Å². The van der Waals surface area contributed by atoms with Crippen LogP contribution in [0.15, 0.2) is 18.2 Å². The molecule has 0 aromatic heterocycles. The van der Waals surface area contributed by atoms with Gasteiger partial charge in [0, 0.05) is 25.6 Å². The van der Waals surface area contributed by atoms with Crippen molar-refractivity contribution in [3.8, 4) is 0 Å². The molecule has 1 heterocycles. The number of hydrogen-bond acceptors (Lipinski definition) is 3. The zero-order valence-corrected chi connectivity index (χ0v) is 13.1. The van der Waals surface area contributed by atoms with E-state index in [-0.39, 0.29) is 29.9 Å². The Hall–Kier alpha value is -1.62. The second kappa shape index (κ2) is 6.24. The van der Waals surface area contributed by atoms with Crippen LogP contribution < -0.4 is 10.2 Å². The molecule has 0 radical (unpaired) electrons. The number of hydrogen-bond donors (Lipinski definition) is 1. The Morgan fingerprint density at radius 1 is 1.32 bits per heavy atom. The molecular weight excluding hydrogens is 283 g/mol. The van der Waals surface area contributed by atoms with Gasteiger partial charge in [-0.2, -0.15) is 0 Å². The summed E-state index contributed by atoms with van der Waals surface area (Å²) in [6.45, 7) is 5.78. The molecule has 3 rings (SSSR count). The molecule has 1 aromatic rings. The Labute approximate surface area is 130 Å². The molecule has 22 heavy (non-hydrogen) atoms. The first-order valence-corrected chi connectivity index (χ1v) is 7.99. The minimum Gasteiger partial charge on any atom is -0.372 e. The van der Waals surface area contributed by atoms with Crippen molar-refractivity contribution < 1.29 is 13.9 Å². The first kappa shape index (κ1) is 15.3. The Kier molecular flexibility index (Phi) is 4.34. The highest BCUT2D eigenvalue weighted by Gasteiger charge is 2.29. The lowest BCUT2D eigenvalue weighted by Gasteiger charge is -2.37. The van der Waals surface area contributed by atoms with Gasteiger partial charge in [0.15, 0.2) is 0 Å². The van der Waals surface area contributed by atoms with E-state index in [1.54, 1.807) is 6.07 Å². The lowest BCUT2D eigenvalue weighted by Crippen LogP contribution is -2.45. The van der Waals surface area contributed by atoms with Gasteiger partial charge in [0.2, 0.25) is 5.91 Å². The van der Waals surface area contributed by atoms with E-state index >= 15 is 0 Å². The molecular formula is C17H23FN2O2. The van der Waals surface area contributed by atoms with Crippen LogP contribution in [0.5, 0.6) is 0 Å². The Balaban J connectivity index is 1.64. The summed E-state index contributed by atoms with van der Waals surface area (Å²) in [5.41, 5.74) is 1.41. The van der Waals surface area contributed by atoms with Gasteiger partial charge < -0.3 is 15.0 Å². The van der Waals surface area contributed by atoms with Crippen LogP contribution in [0.25, 0.3) is 0 Å². The van der Waals surface area contributed by atoms with E-state index < -0.39 is 0 Å². The number of halogens is 1. The third kappa shape index (κ3) is 3.58. The van der Waals surface area contributed by atoms with Gasteiger partial charge >= 0.3 is 0 Å². The molecule has 1 aromatic carbocycles. The fraction of sp³-hybridized carbons (Fsp3) is 0.588. The van der Waals surface area contributed by atoms with E-state index in [0.717, 1.165) is 18.4 Å². The van der Waals surface area contributed by atoms with E-state index in [0.29, 0.717) is 25.3 Å². The van der Waals surface area contributed by atoms with Gasteiger partial charge in [0.1, 0.15) is 5.82 Å². The lowest BCUT2D eigenvalue weighted by atomic mass is 10.1. The van der Waals surface area contributed by atoms with Crippen LogP contribution in [0.1, 0.15) is 32.3 Å². The molecule has 120 valence electrons. The maximum atomic E-state index is 14.4. The summed E-state index contributed by atoms with van der Waals surface area (Å²) in [5.74, 6) is 0.0280. The van der Waals surface area contributed by atoms with E-state index in [2.05, 4.69) is 5.32 Å². The number of anilines is 1. The van der Waals surface area contributed by atoms with Crippen LogP contribution in [-0.4, -0.2) is 31.2 Å². The summed E-state index contributed by atoms with van der Waals surface area (Å²) in [6, 6.07) is 5.21. The van der Waals surface area contributed by atoms with Gasteiger partial charge in [-0.3, -0.25) is 4.79 Å². The number of carbonyl (C=O) groups is 1. The summed E-state index contributed by atoms with van der Waals surface area (Å²) >= 11 is 0. The number of benzene rings is 1. The average Bonchev–Trinajstić information content (AvgIpc) is 3.28. The molecule has 2 fully saturated rings. The van der Waals surface area contributed by atoms with Crippen LogP contribution in [0.3, 0.4) is 0 Å². The number of morpholine rings is 1. The number of ether oxygens (including phenoxy) is 1. The lowest BCUT2D eigenvalue weighted by molar-refractivity contribution is -0.122. The molecule has 2 aliphatic rings. The van der Waals surface area contributed by atoms with Crippen molar-refractivity contribution in [3.05, 3.63) is 29.6 Å². The molecule has 1 saturated heterocycles. The van der Waals surface area contributed by atoms with E-state index in [1.807, 2.05) is 24.8 Å². The predicted octanol–water partition coefficient (Wildman–Crippen LogP) is 2.47. The standard InChI is InChI=1S/C17H23FN2O2/c1-11-9-20(10-12(2)22-11)16-6-3-13(7-15(16)18)8-19-17(21)14-4-5-14/h3,6-7,11-12,14H,4-5,8-10H2,1-2H3,(H,19,21)/t11-,12-/m0/s1. The highest BCUT2D eigenvalue weighted by atomic mass is 19.1. The molecule has 1 amide bonds. The highest BCUT2D eigenvalue weighted by Crippen LogP contribution is 2.29. The number of carbonyl (C=O) groups excluding carboxylic acids is 1. The monoisotopic (exact) mass is 306 g/mol. The van der Waals surface area contributed by atoms with E-state index in [9.17, 15) is 9.18 Å². The molecule has 1 N–H and O–H groups in total. The van der Waals surface area contributed by atoms with Crippen LogP contribution in [-0.2, 0) is 16.1 Å². The molecule has 0 spiro atoms. The maximum Gasteiger partial charge on any atom is 0.223 e. The molecule has 0 bridgehead atoms. The summed E-state index contributed by atoms with van der Waals surface area (Å²) < 4.78 is 20.1. The van der Waals surface area contributed by atoms with Crippen LogP contribution in [0.4, 0.5) is 10.1 Å². The van der Waals surface area contributed by atoms with Crippen molar-refractivity contribution in [1.82, 2.24) is 5.32 Å². The molecule has 1 saturated carbocycles. The summed E-state index contributed by atoms with van der Waals surface area (Å²) in [5, 5.41) is 2.86. The fourth-order valence-electron chi connectivity index (χ4n) is 2.97. The molecule has 1 aliphatic carbocycles. The zero-order chi connectivity index (χ0) is 15.7. The Morgan fingerprint density at radius 3 is 2.59 bits per heavy atom. The minimum absolute atomic E-state index is 0.0836. The van der Waals surface area contributed by atoms with E-state index in [1.165, 1.54) is 6.07 Å². The van der Waals surface area contributed by atoms with Crippen molar-refractivity contribution in [2.75, 3.05) is 18.0 Å². The minimum atomic E-state index is -0.237. The third-order valence-corrected chi connectivity index (χ3v) is 4.19. The molecule has 0 unspecified atom stereocenters. The topological polar surface area (TPSA) is 41.6 Å². The van der Waals surface area contributed by atoms with Crippen molar-refractivity contribution in [1.29, 1.82) is 0 Å². The second-order valence-corrected chi connectivity index (χ2v) is 6.44. The number of nitrogens with zero attached hydrogens (tertiary/aromatic N) is 1. The van der Waals surface area contributed by atoms with Crippen molar-refractivity contribution >= 4 is 11.6 Å². The molecule has 4 nitrogen and oxygen atoms in total. The smallest absolute Gasteiger partial charge is 0.223 e. The highest BCUT2D eigenvalue weighted by molar-refractivity contribution is 5.80. The van der Waals surface area contributed by atoms with Crippen molar-refractivity contribution in [3.63, 3.8) is 0 Å². The largest absolute Gasteiger partial charge is 0.372 e. The Morgan fingerprint density at radius 2 is 2.00 bits per heavy atom. The van der Waals surface area contributed by atoms with Crippen molar-refractivity contribution in [2.24, 2.45) is 5.92 Å². The number of rotatable bonds is 4. The van der Waals surface area contributed by atoms with E-state index in [4.69, 9.17) is 4.74 Å². The van der Waals surface area contributed by atoms with Gasteiger partial charge in [-0.25, -0.2) is 4.39 Å². The fourth-order valence-corrected chi connectivity index (χ4v) is 2.97. The average molecular weight is 306 g/mol. The number of amides is 1. The first-order chi connectivity index (χ1) is 10.5. The summed E-state index contributed by atoms with van der Waals surface area (Å²) in [7, 11) is 0. The Bertz CT molecular complexity index is 550. The van der Waals surface area contributed by atoms with Crippen LogP contribution >= 0.6 is 0 Å². The van der Waals surface area contributed by atoms with Crippen LogP contribution in [0.2, 0.25) is 0 Å². The third-order valence-electron chi connectivity index (χ3n) is 4.19.